The number of hydrogen-bond donors (Lipinski definition) is 3. The maximum absolute atomic E-state index is 9.68. The van der Waals surface area contributed by atoms with Crippen molar-refractivity contribution in [3.8, 4) is 0 Å². The number of hydrogen-bond acceptors (Lipinski definition) is 4. The highest BCUT2D eigenvalue weighted by molar-refractivity contribution is 4.98. The van der Waals surface area contributed by atoms with Gasteiger partial charge in [0.1, 0.15) is 0 Å². The molecule has 3 N–H and O–H groups in total. The average molecular weight is 173 g/mol. The van der Waals surface area contributed by atoms with Crippen molar-refractivity contribution in [1.82, 2.24) is 4.90 Å². The van der Waals surface area contributed by atoms with E-state index in [1.54, 1.807) is 0 Å². The Labute approximate surface area is 71.4 Å². The predicted octanol–water partition coefficient (Wildman–Crippen LogP) is -1.25. The Balaban J connectivity index is 2.21. The highest BCUT2D eigenvalue weighted by atomic mass is 16.5. The van der Waals surface area contributed by atoms with Gasteiger partial charge in [0.05, 0.1) is 12.6 Å². The van der Waals surface area contributed by atoms with Gasteiger partial charge in [-0.3, -0.25) is 4.90 Å². The summed E-state index contributed by atoms with van der Waals surface area (Å²) >= 11 is 0. The number of fused-ring (bicyclic) bond motifs is 3. The first kappa shape index (κ1) is 8.44. The van der Waals surface area contributed by atoms with E-state index in [-0.39, 0.29) is 12.5 Å². The lowest BCUT2D eigenvalue weighted by Crippen LogP contribution is -2.67. The number of nitrogens with zero attached hydrogens (tertiary/aromatic N) is 1. The number of aliphatic hydroxyl groups excluding tert-OH is 1. The second-order valence-corrected chi connectivity index (χ2v) is 3.79. The maximum Gasteiger partial charge on any atom is 0.183 e. The molecule has 3 aliphatic heterocycles. The van der Waals surface area contributed by atoms with Crippen LogP contribution in [0.15, 0.2) is 0 Å². The molecular weight excluding hydrogens is 158 g/mol. The van der Waals surface area contributed by atoms with Crippen molar-refractivity contribution in [3.63, 3.8) is 0 Å². The van der Waals surface area contributed by atoms with Crippen LogP contribution in [0.3, 0.4) is 0 Å². The lowest BCUT2D eigenvalue weighted by atomic mass is 9.78. The molecule has 3 saturated heterocycles. The van der Waals surface area contributed by atoms with Gasteiger partial charge in [-0.15, -0.1) is 0 Å². The van der Waals surface area contributed by atoms with E-state index in [4.69, 9.17) is 5.11 Å². The van der Waals surface area contributed by atoms with Gasteiger partial charge >= 0.3 is 0 Å². The molecule has 70 valence electrons. The number of piperidine rings is 3. The van der Waals surface area contributed by atoms with Gasteiger partial charge in [-0.2, -0.15) is 0 Å². The van der Waals surface area contributed by atoms with Crippen LogP contribution in [-0.4, -0.2) is 51.7 Å². The minimum atomic E-state index is -1.66. The molecule has 3 fully saturated rings. The first-order valence-corrected chi connectivity index (χ1v) is 4.46. The van der Waals surface area contributed by atoms with Crippen molar-refractivity contribution in [2.75, 3.05) is 19.7 Å². The third-order valence-corrected chi connectivity index (χ3v) is 3.23. The van der Waals surface area contributed by atoms with E-state index in [0.717, 1.165) is 25.9 Å². The van der Waals surface area contributed by atoms with Crippen LogP contribution >= 0.6 is 0 Å². The fraction of sp³-hybridized carbons (Fsp3) is 1.00. The summed E-state index contributed by atoms with van der Waals surface area (Å²) in [4.78, 5) is 1.96. The monoisotopic (exact) mass is 173 g/mol. The van der Waals surface area contributed by atoms with Crippen LogP contribution in [0.25, 0.3) is 0 Å². The van der Waals surface area contributed by atoms with Gasteiger partial charge in [-0.1, -0.05) is 0 Å². The fourth-order valence-electron chi connectivity index (χ4n) is 2.43. The molecule has 1 atom stereocenters. The van der Waals surface area contributed by atoms with Crippen LogP contribution in [0.5, 0.6) is 0 Å². The van der Waals surface area contributed by atoms with Crippen LogP contribution in [-0.2, 0) is 0 Å². The van der Waals surface area contributed by atoms with Crippen molar-refractivity contribution < 1.29 is 15.3 Å². The van der Waals surface area contributed by atoms with Crippen molar-refractivity contribution in [2.45, 2.75) is 24.7 Å². The SMILES string of the molecule is OC[C@H]1N2CCC(CC2)C1(O)O. The van der Waals surface area contributed by atoms with Crippen LogP contribution in [0.4, 0.5) is 0 Å². The molecule has 0 aliphatic carbocycles. The number of rotatable bonds is 1. The molecule has 0 radical (unpaired) electrons. The Bertz CT molecular complexity index is 175. The van der Waals surface area contributed by atoms with Crippen molar-refractivity contribution in [1.29, 1.82) is 0 Å². The van der Waals surface area contributed by atoms with Crippen LogP contribution in [0.2, 0.25) is 0 Å². The quantitative estimate of drug-likeness (QED) is 0.434. The van der Waals surface area contributed by atoms with Crippen molar-refractivity contribution in [2.24, 2.45) is 5.92 Å². The Morgan fingerprint density at radius 1 is 1.25 bits per heavy atom. The average Bonchev–Trinajstić information content (AvgIpc) is 2.05. The van der Waals surface area contributed by atoms with E-state index >= 15 is 0 Å². The molecule has 0 saturated carbocycles. The highest BCUT2D eigenvalue weighted by Gasteiger charge is 2.51. The zero-order chi connectivity index (χ0) is 8.77. The Morgan fingerprint density at radius 2 is 1.83 bits per heavy atom. The molecule has 4 heteroatoms. The zero-order valence-corrected chi connectivity index (χ0v) is 6.98. The van der Waals surface area contributed by atoms with Gasteiger partial charge < -0.3 is 15.3 Å². The summed E-state index contributed by atoms with van der Waals surface area (Å²) in [5, 5.41) is 28.3. The van der Waals surface area contributed by atoms with Gasteiger partial charge in [0.25, 0.3) is 0 Å². The molecular formula is C8H15NO3. The van der Waals surface area contributed by atoms with E-state index in [9.17, 15) is 10.2 Å². The van der Waals surface area contributed by atoms with Crippen LogP contribution < -0.4 is 0 Å². The largest absolute Gasteiger partial charge is 0.395 e. The molecule has 0 unspecified atom stereocenters. The minimum Gasteiger partial charge on any atom is -0.395 e. The molecule has 0 aromatic heterocycles. The van der Waals surface area contributed by atoms with E-state index < -0.39 is 11.8 Å². The maximum atomic E-state index is 9.68. The second-order valence-electron chi connectivity index (χ2n) is 3.79. The summed E-state index contributed by atoms with van der Waals surface area (Å²) in [7, 11) is 0. The summed E-state index contributed by atoms with van der Waals surface area (Å²) in [5.74, 6) is -1.70. The number of aliphatic hydroxyl groups is 3. The Morgan fingerprint density at radius 3 is 2.17 bits per heavy atom. The van der Waals surface area contributed by atoms with E-state index in [1.807, 2.05) is 4.90 Å². The molecule has 12 heavy (non-hydrogen) atoms. The van der Waals surface area contributed by atoms with E-state index in [2.05, 4.69) is 0 Å². The summed E-state index contributed by atoms with van der Waals surface area (Å²) in [6, 6.07) is -0.468. The van der Waals surface area contributed by atoms with E-state index in [1.165, 1.54) is 0 Å². The van der Waals surface area contributed by atoms with Gasteiger partial charge in [0.2, 0.25) is 0 Å². The van der Waals surface area contributed by atoms with E-state index in [0.29, 0.717) is 0 Å². The first-order chi connectivity index (χ1) is 5.66. The third kappa shape index (κ3) is 0.992. The van der Waals surface area contributed by atoms with Gasteiger partial charge in [0.15, 0.2) is 5.79 Å². The molecule has 2 bridgehead atoms. The highest BCUT2D eigenvalue weighted by Crippen LogP contribution is 2.38. The summed E-state index contributed by atoms with van der Waals surface area (Å²) in [6.45, 7) is 1.61. The summed E-state index contributed by atoms with van der Waals surface area (Å²) < 4.78 is 0. The molecule has 3 aliphatic rings. The Kier molecular flexibility index (Phi) is 1.88. The Hall–Kier alpha value is -0.160. The molecule has 0 spiro atoms. The third-order valence-electron chi connectivity index (χ3n) is 3.23. The zero-order valence-electron chi connectivity index (χ0n) is 6.98. The minimum absolute atomic E-state index is 0.0420. The van der Waals surface area contributed by atoms with Crippen LogP contribution in [0.1, 0.15) is 12.8 Å². The van der Waals surface area contributed by atoms with Crippen molar-refractivity contribution in [3.05, 3.63) is 0 Å². The molecule has 4 nitrogen and oxygen atoms in total. The van der Waals surface area contributed by atoms with Crippen LogP contribution in [0, 0.1) is 5.92 Å². The second kappa shape index (κ2) is 2.67. The molecule has 0 amide bonds. The standard InChI is InChI=1S/C8H15NO3/c10-5-7-8(11,12)6-1-3-9(7)4-2-6/h6-7,10-12H,1-5H2/t7-/m1/s1. The normalized spacial score (nSPS) is 44.8. The molecule has 3 heterocycles. The molecule has 0 aromatic carbocycles. The van der Waals surface area contributed by atoms with Gasteiger partial charge in [-0.25, -0.2) is 0 Å². The summed E-state index contributed by atoms with van der Waals surface area (Å²) in [6.07, 6.45) is 1.67. The van der Waals surface area contributed by atoms with Gasteiger partial charge in [0, 0.05) is 5.92 Å². The lowest BCUT2D eigenvalue weighted by Gasteiger charge is -2.52. The predicted molar refractivity (Wildman–Crippen MR) is 42.3 cm³/mol. The fourth-order valence-corrected chi connectivity index (χ4v) is 2.43. The lowest BCUT2D eigenvalue weighted by molar-refractivity contribution is -0.285. The molecule has 0 aromatic rings. The molecule has 3 rings (SSSR count). The van der Waals surface area contributed by atoms with Crippen molar-refractivity contribution >= 4 is 0 Å². The smallest absolute Gasteiger partial charge is 0.183 e. The summed E-state index contributed by atoms with van der Waals surface area (Å²) in [5.41, 5.74) is 0. The van der Waals surface area contributed by atoms with Gasteiger partial charge in [-0.05, 0) is 25.9 Å². The first-order valence-electron chi connectivity index (χ1n) is 4.46. The topological polar surface area (TPSA) is 63.9 Å².